The largest absolute Gasteiger partial charge is 0.488 e. The van der Waals surface area contributed by atoms with Gasteiger partial charge in [-0.25, -0.2) is 4.68 Å². The van der Waals surface area contributed by atoms with E-state index >= 15 is 0 Å². The van der Waals surface area contributed by atoms with Gasteiger partial charge in [-0.2, -0.15) is 5.10 Å². The summed E-state index contributed by atoms with van der Waals surface area (Å²) in [7, 11) is 0. The summed E-state index contributed by atoms with van der Waals surface area (Å²) >= 11 is 0. The summed E-state index contributed by atoms with van der Waals surface area (Å²) in [6.45, 7) is 0.563. The van der Waals surface area contributed by atoms with E-state index < -0.39 is 0 Å². The fraction of sp³-hybridized carbons (Fsp3) is 0.0500. The number of para-hydroxylation sites is 1. The molecule has 0 N–H and O–H groups in total. The summed E-state index contributed by atoms with van der Waals surface area (Å²) < 4.78 is 7.97. The summed E-state index contributed by atoms with van der Waals surface area (Å²) in [6.07, 6.45) is 1.91. The zero-order valence-corrected chi connectivity index (χ0v) is 12.4. The molecule has 0 bridgehead atoms. The van der Waals surface area contributed by atoms with E-state index in [9.17, 15) is 0 Å². The van der Waals surface area contributed by atoms with Gasteiger partial charge in [-0.15, -0.1) is 0 Å². The number of nitrogens with zero attached hydrogens (tertiary/aromatic N) is 2. The van der Waals surface area contributed by atoms with E-state index in [-0.39, 0.29) is 0 Å². The zero-order valence-electron chi connectivity index (χ0n) is 12.4. The Morgan fingerprint density at radius 2 is 1.70 bits per heavy atom. The molecule has 0 radical (unpaired) electrons. The van der Waals surface area contributed by atoms with E-state index in [1.54, 1.807) is 0 Å². The van der Waals surface area contributed by atoms with Crippen LogP contribution in [-0.4, -0.2) is 9.78 Å². The van der Waals surface area contributed by atoms with Crippen LogP contribution in [0.15, 0.2) is 72.9 Å². The molecule has 5 rings (SSSR count). The Morgan fingerprint density at radius 1 is 0.870 bits per heavy atom. The van der Waals surface area contributed by atoms with Crippen LogP contribution < -0.4 is 4.74 Å². The van der Waals surface area contributed by atoms with Crippen LogP contribution in [0.4, 0.5) is 0 Å². The molecule has 2 heterocycles. The predicted molar refractivity (Wildman–Crippen MR) is 90.8 cm³/mol. The molecule has 3 aromatic carbocycles. The fourth-order valence-electron chi connectivity index (χ4n) is 3.29. The Morgan fingerprint density at radius 3 is 2.61 bits per heavy atom. The van der Waals surface area contributed by atoms with Crippen molar-refractivity contribution in [2.24, 2.45) is 0 Å². The van der Waals surface area contributed by atoms with E-state index in [4.69, 9.17) is 4.74 Å². The van der Waals surface area contributed by atoms with Gasteiger partial charge in [-0.05, 0) is 29.0 Å². The number of hydrogen-bond donors (Lipinski definition) is 0. The highest BCUT2D eigenvalue weighted by atomic mass is 16.5. The molecule has 0 amide bonds. The minimum atomic E-state index is 0.563. The first kappa shape index (κ1) is 12.5. The molecule has 3 nitrogen and oxygen atoms in total. The summed E-state index contributed by atoms with van der Waals surface area (Å²) in [5, 5.41) is 7.02. The Labute approximate surface area is 133 Å². The highest BCUT2D eigenvalue weighted by Crippen LogP contribution is 2.43. The lowest BCUT2D eigenvalue weighted by molar-refractivity contribution is 0.302. The van der Waals surface area contributed by atoms with Gasteiger partial charge in [0.2, 0.25) is 0 Å². The van der Waals surface area contributed by atoms with Crippen LogP contribution in [0, 0.1) is 0 Å². The van der Waals surface area contributed by atoms with E-state index in [1.807, 2.05) is 29.1 Å². The van der Waals surface area contributed by atoms with Crippen LogP contribution in [0.3, 0.4) is 0 Å². The number of aromatic nitrogens is 2. The zero-order chi connectivity index (χ0) is 15.2. The molecule has 0 aliphatic carbocycles. The van der Waals surface area contributed by atoms with Gasteiger partial charge in [0.1, 0.15) is 12.4 Å². The van der Waals surface area contributed by atoms with Crippen molar-refractivity contribution in [2.75, 3.05) is 0 Å². The fourth-order valence-corrected chi connectivity index (χ4v) is 3.29. The van der Waals surface area contributed by atoms with Gasteiger partial charge < -0.3 is 4.74 Å². The highest BCUT2D eigenvalue weighted by Gasteiger charge is 2.24. The molecule has 0 unspecified atom stereocenters. The van der Waals surface area contributed by atoms with Crippen molar-refractivity contribution in [3.8, 4) is 22.7 Å². The summed E-state index contributed by atoms with van der Waals surface area (Å²) in [6, 6.07) is 22.8. The quantitative estimate of drug-likeness (QED) is 0.514. The monoisotopic (exact) mass is 298 g/mol. The SMILES string of the molecule is c1ccc(-n2ncc3c2-c2c(ccc4ccccc24)OC3)cc1. The van der Waals surface area contributed by atoms with Gasteiger partial charge in [0, 0.05) is 5.56 Å². The van der Waals surface area contributed by atoms with Gasteiger partial charge >= 0.3 is 0 Å². The number of benzene rings is 3. The molecule has 110 valence electrons. The molecule has 3 heteroatoms. The third-order valence-electron chi connectivity index (χ3n) is 4.36. The Balaban J connectivity index is 1.87. The molecule has 0 saturated carbocycles. The van der Waals surface area contributed by atoms with Gasteiger partial charge in [0.05, 0.1) is 23.1 Å². The van der Waals surface area contributed by atoms with E-state index in [1.165, 1.54) is 10.8 Å². The van der Waals surface area contributed by atoms with Crippen molar-refractivity contribution in [2.45, 2.75) is 6.61 Å². The van der Waals surface area contributed by atoms with E-state index in [0.717, 1.165) is 28.3 Å². The molecular weight excluding hydrogens is 284 g/mol. The van der Waals surface area contributed by atoms with Gasteiger partial charge in [0.15, 0.2) is 0 Å². The molecule has 0 saturated heterocycles. The maximum absolute atomic E-state index is 5.95. The second-order valence-electron chi connectivity index (χ2n) is 5.71. The van der Waals surface area contributed by atoms with Crippen molar-refractivity contribution in [3.63, 3.8) is 0 Å². The first-order valence-electron chi connectivity index (χ1n) is 7.69. The van der Waals surface area contributed by atoms with Crippen LogP contribution in [0.2, 0.25) is 0 Å². The molecule has 0 fully saturated rings. The average Bonchev–Trinajstić information content (AvgIpc) is 3.06. The molecule has 4 aromatic rings. The van der Waals surface area contributed by atoms with Crippen LogP contribution in [0.5, 0.6) is 5.75 Å². The second-order valence-corrected chi connectivity index (χ2v) is 5.71. The Kier molecular flexibility index (Phi) is 2.56. The number of rotatable bonds is 1. The lowest BCUT2D eigenvalue weighted by Crippen LogP contribution is -2.08. The standard InChI is InChI=1S/C20H14N2O/c1-2-7-16(8-3-1)22-20-15(12-21-22)13-23-18-11-10-14-6-4-5-9-17(14)19(18)20/h1-12H,13H2. The molecule has 1 aromatic heterocycles. The van der Waals surface area contributed by atoms with Crippen LogP contribution in [-0.2, 0) is 6.61 Å². The third-order valence-corrected chi connectivity index (χ3v) is 4.36. The van der Waals surface area contributed by atoms with E-state index in [0.29, 0.717) is 6.61 Å². The van der Waals surface area contributed by atoms with Crippen molar-refractivity contribution < 1.29 is 4.74 Å². The smallest absolute Gasteiger partial charge is 0.129 e. The number of ether oxygens (including phenoxy) is 1. The first-order valence-corrected chi connectivity index (χ1v) is 7.69. The van der Waals surface area contributed by atoms with E-state index in [2.05, 4.69) is 53.6 Å². The molecule has 23 heavy (non-hydrogen) atoms. The molecule has 0 atom stereocenters. The molecule has 1 aliphatic rings. The molecule has 0 spiro atoms. The van der Waals surface area contributed by atoms with Gasteiger partial charge in [-0.1, -0.05) is 48.5 Å². The number of hydrogen-bond acceptors (Lipinski definition) is 2. The molecule has 1 aliphatic heterocycles. The molecular formula is C20H14N2O. The van der Waals surface area contributed by atoms with Crippen molar-refractivity contribution >= 4 is 10.8 Å². The maximum Gasteiger partial charge on any atom is 0.129 e. The first-order chi connectivity index (χ1) is 11.4. The van der Waals surface area contributed by atoms with Gasteiger partial charge in [-0.3, -0.25) is 0 Å². The Bertz CT molecular complexity index is 1020. The van der Waals surface area contributed by atoms with Crippen molar-refractivity contribution in [1.29, 1.82) is 0 Å². The minimum absolute atomic E-state index is 0.563. The minimum Gasteiger partial charge on any atom is -0.488 e. The summed E-state index contributed by atoms with van der Waals surface area (Å²) in [5.74, 6) is 0.925. The highest BCUT2D eigenvalue weighted by molar-refractivity contribution is 6.00. The van der Waals surface area contributed by atoms with Crippen LogP contribution >= 0.6 is 0 Å². The van der Waals surface area contributed by atoms with Gasteiger partial charge in [0.25, 0.3) is 0 Å². The number of fused-ring (bicyclic) bond motifs is 5. The lowest BCUT2D eigenvalue weighted by atomic mass is 9.97. The third kappa shape index (κ3) is 1.80. The normalized spacial score (nSPS) is 12.5. The lowest BCUT2D eigenvalue weighted by Gasteiger charge is -2.21. The Hall–Kier alpha value is -3.07. The summed E-state index contributed by atoms with van der Waals surface area (Å²) in [5.41, 5.74) is 4.45. The predicted octanol–water partition coefficient (Wildman–Crippen LogP) is 4.58. The second kappa shape index (κ2) is 4.71. The average molecular weight is 298 g/mol. The van der Waals surface area contributed by atoms with Crippen molar-refractivity contribution in [1.82, 2.24) is 9.78 Å². The van der Waals surface area contributed by atoms with Crippen LogP contribution in [0.25, 0.3) is 27.7 Å². The topological polar surface area (TPSA) is 27.1 Å². The maximum atomic E-state index is 5.95. The van der Waals surface area contributed by atoms with Crippen LogP contribution in [0.1, 0.15) is 5.56 Å². The summed E-state index contributed by atoms with van der Waals surface area (Å²) in [4.78, 5) is 0. The van der Waals surface area contributed by atoms with Crippen molar-refractivity contribution in [3.05, 3.63) is 78.5 Å².